The zero-order chi connectivity index (χ0) is 28.9. The number of rotatable bonds is 5. The molecule has 3 aromatic carbocycles. The highest BCUT2D eigenvalue weighted by Gasteiger charge is 2.55. The van der Waals surface area contributed by atoms with E-state index in [1.807, 2.05) is 6.07 Å². The van der Waals surface area contributed by atoms with Crippen molar-refractivity contribution in [3.05, 3.63) is 99.9 Å². The molecule has 1 heterocycles. The molecule has 40 heavy (non-hydrogen) atoms. The number of aryl methyl sites for hydroxylation is 1. The molecule has 9 heteroatoms. The minimum absolute atomic E-state index is 0.227. The fourth-order valence-corrected chi connectivity index (χ4v) is 6.33. The van der Waals surface area contributed by atoms with Gasteiger partial charge < -0.3 is 9.64 Å². The van der Waals surface area contributed by atoms with Gasteiger partial charge in [0, 0.05) is 23.6 Å². The highest BCUT2D eigenvalue weighted by molar-refractivity contribution is 5.95. The first-order valence-corrected chi connectivity index (χ1v) is 12.9. The van der Waals surface area contributed by atoms with Crippen molar-refractivity contribution in [2.24, 2.45) is 0 Å². The van der Waals surface area contributed by atoms with E-state index in [4.69, 9.17) is 4.74 Å². The third kappa shape index (κ3) is 4.49. The van der Waals surface area contributed by atoms with Crippen LogP contribution in [0.15, 0.2) is 60.7 Å². The number of fused-ring (bicyclic) bond motifs is 3. The van der Waals surface area contributed by atoms with Crippen molar-refractivity contribution in [2.75, 3.05) is 13.7 Å². The number of halogens is 5. The number of hydrogen-bond acceptors (Lipinski definition) is 3. The number of carbonyl (C=O) groups is 1. The number of amides is 1. The minimum atomic E-state index is -5.07. The summed E-state index contributed by atoms with van der Waals surface area (Å²) in [6.45, 7) is 0.901. The fourth-order valence-electron chi connectivity index (χ4n) is 6.33. The van der Waals surface area contributed by atoms with E-state index in [0.717, 1.165) is 11.1 Å². The van der Waals surface area contributed by atoms with Crippen molar-refractivity contribution < 1.29 is 31.5 Å². The Hall–Kier alpha value is -3.93. The summed E-state index contributed by atoms with van der Waals surface area (Å²) < 4.78 is 74.2. The van der Waals surface area contributed by atoms with Gasteiger partial charge in [0.2, 0.25) is 5.67 Å². The molecule has 0 bridgehead atoms. The lowest BCUT2D eigenvalue weighted by atomic mass is 9.63. The van der Waals surface area contributed by atoms with Crippen molar-refractivity contribution in [1.29, 1.82) is 5.26 Å². The van der Waals surface area contributed by atoms with Gasteiger partial charge >= 0.3 is 6.18 Å². The number of benzene rings is 3. The number of alkyl halides is 4. The Morgan fingerprint density at radius 3 is 2.48 bits per heavy atom. The summed E-state index contributed by atoms with van der Waals surface area (Å²) in [5, 5.41) is 9.49. The molecular weight excluding hydrogens is 527 g/mol. The van der Waals surface area contributed by atoms with E-state index >= 15 is 0 Å². The first kappa shape index (κ1) is 27.6. The number of methoxy groups -OCH3 is 1. The van der Waals surface area contributed by atoms with E-state index in [1.54, 1.807) is 35.2 Å². The zero-order valence-electron chi connectivity index (χ0n) is 22.0. The van der Waals surface area contributed by atoms with E-state index in [1.165, 1.54) is 37.4 Å². The molecule has 1 amide bonds. The molecule has 3 atom stereocenters. The van der Waals surface area contributed by atoms with Gasteiger partial charge in [0.05, 0.1) is 12.7 Å². The Bertz CT molecular complexity index is 1490. The molecule has 1 aliphatic carbocycles. The van der Waals surface area contributed by atoms with Crippen LogP contribution < -0.4 is 4.74 Å². The molecule has 1 unspecified atom stereocenters. The van der Waals surface area contributed by atoms with E-state index in [2.05, 4.69) is 0 Å². The monoisotopic (exact) mass is 554 g/mol. The molecule has 0 spiro atoms. The standard InChI is InChI=1S/C31H27F5N2O2/c1-29(33,31(34,35)36)23-7-10-25-20(16-23)6-12-27-30(25,17-19-3-8-24(32)9-4-19)13-14-38(27)28(39)21-5-11-26(40-2)22(15-21)18-37/h3-5,7-11,15-16,27H,6,12-14,17H2,1-2H3/t27-,29?,30-/m1/s1. The number of carbonyl (C=O) groups excluding carboxylic acids is 1. The van der Waals surface area contributed by atoms with Crippen LogP contribution in [0.4, 0.5) is 22.0 Å². The van der Waals surface area contributed by atoms with E-state index < -0.39 is 28.6 Å². The van der Waals surface area contributed by atoms with Gasteiger partial charge in [0.15, 0.2) is 0 Å². The summed E-state index contributed by atoms with van der Waals surface area (Å²) in [6, 6.07) is 16.5. The highest BCUT2D eigenvalue weighted by atomic mass is 19.4. The van der Waals surface area contributed by atoms with Crippen LogP contribution >= 0.6 is 0 Å². The molecule has 3 aromatic rings. The van der Waals surface area contributed by atoms with Gasteiger partial charge in [-0.2, -0.15) is 18.4 Å². The third-order valence-corrected chi connectivity index (χ3v) is 8.48. The molecule has 1 saturated heterocycles. The second-order valence-electron chi connectivity index (χ2n) is 10.7. The maximum Gasteiger partial charge on any atom is 0.426 e. The summed E-state index contributed by atoms with van der Waals surface area (Å²) in [5.41, 5.74) is -1.86. The van der Waals surface area contributed by atoms with Crippen molar-refractivity contribution in [2.45, 2.75) is 55.9 Å². The van der Waals surface area contributed by atoms with Crippen molar-refractivity contribution in [3.63, 3.8) is 0 Å². The Labute approximate surface area is 229 Å². The second-order valence-corrected chi connectivity index (χ2v) is 10.7. The Morgan fingerprint density at radius 2 is 1.82 bits per heavy atom. The average Bonchev–Trinajstić information content (AvgIpc) is 3.31. The molecule has 0 radical (unpaired) electrons. The van der Waals surface area contributed by atoms with Crippen LogP contribution in [0.2, 0.25) is 0 Å². The van der Waals surface area contributed by atoms with E-state index in [9.17, 15) is 32.0 Å². The van der Waals surface area contributed by atoms with Gasteiger partial charge in [-0.3, -0.25) is 4.79 Å². The summed E-state index contributed by atoms with van der Waals surface area (Å²) in [4.78, 5) is 15.5. The van der Waals surface area contributed by atoms with Gasteiger partial charge in [-0.05, 0) is 85.2 Å². The average molecular weight is 555 g/mol. The van der Waals surface area contributed by atoms with Crippen LogP contribution in [0, 0.1) is 17.1 Å². The summed E-state index contributed by atoms with van der Waals surface area (Å²) >= 11 is 0. The number of nitriles is 1. The lowest BCUT2D eigenvalue weighted by molar-refractivity contribution is -0.228. The molecule has 2 aliphatic rings. The number of nitrogens with zero attached hydrogens (tertiary/aromatic N) is 2. The Kier molecular flexibility index (Phi) is 6.85. The van der Waals surface area contributed by atoms with Crippen LogP contribution in [0.1, 0.15) is 57.9 Å². The smallest absolute Gasteiger partial charge is 0.426 e. The van der Waals surface area contributed by atoms with E-state index in [-0.39, 0.29) is 17.5 Å². The molecule has 0 N–H and O–H groups in total. The first-order chi connectivity index (χ1) is 18.9. The maximum absolute atomic E-state index is 14.9. The van der Waals surface area contributed by atoms with Crippen molar-refractivity contribution in [3.8, 4) is 11.8 Å². The molecule has 0 aromatic heterocycles. The van der Waals surface area contributed by atoms with Crippen molar-refractivity contribution in [1.82, 2.24) is 4.90 Å². The zero-order valence-corrected chi connectivity index (χ0v) is 22.0. The fraction of sp³-hybridized carbons (Fsp3) is 0.355. The normalized spacial score (nSPS) is 21.6. The minimum Gasteiger partial charge on any atom is -0.495 e. The molecule has 208 valence electrons. The lowest BCUT2D eigenvalue weighted by Gasteiger charge is -2.44. The second kappa shape index (κ2) is 9.92. The van der Waals surface area contributed by atoms with E-state index in [0.29, 0.717) is 56.0 Å². The van der Waals surface area contributed by atoms with Gasteiger partial charge in [-0.15, -0.1) is 0 Å². The highest BCUT2D eigenvalue weighted by Crippen LogP contribution is 2.51. The summed E-state index contributed by atoms with van der Waals surface area (Å²) in [5.74, 6) is -0.303. The summed E-state index contributed by atoms with van der Waals surface area (Å²) in [7, 11) is 1.44. The predicted molar refractivity (Wildman–Crippen MR) is 138 cm³/mol. The number of ether oxygens (including phenoxy) is 1. The van der Waals surface area contributed by atoms with Gasteiger partial charge in [0.1, 0.15) is 17.6 Å². The lowest BCUT2D eigenvalue weighted by Crippen LogP contribution is -2.49. The molecule has 1 fully saturated rings. The maximum atomic E-state index is 14.9. The molecule has 4 nitrogen and oxygen atoms in total. The molecular formula is C31H27F5N2O2. The van der Waals surface area contributed by atoms with Crippen LogP contribution in [0.25, 0.3) is 0 Å². The van der Waals surface area contributed by atoms with Gasteiger partial charge in [-0.25, -0.2) is 8.78 Å². The first-order valence-electron chi connectivity index (χ1n) is 12.9. The van der Waals surface area contributed by atoms with Gasteiger partial charge in [-0.1, -0.05) is 30.3 Å². The molecule has 1 aliphatic heterocycles. The number of hydrogen-bond donors (Lipinski definition) is 0. The van der Waals surface area contributed by atoms with Crippen molar-refractivity contribution >= 4 is 5.91 Å². The molecule has 5 rings (SSSR count). The predicted octanol–water partition coefficient (Wildman–Crippen LogP) is 6.79. The van der Waals surface area contributed by atoms with Crippen LogP contribution in [-0.2, 0) is 23.9 Å². The Morgan fingerprint density at radius 1 is 1.10 bits per heavy atom. The van der Waals surface area contributed by atoms with Crippen LogP contribution in [0.5, 0.6) is 5.75 Å². The summed E-state index contributed by atoms with van der Waals surface area (Å²) in [6.07, 6.45) is -3.31. The SMILES string of the molecule is COc1ccc(C(=O)N2CC[C@@]3(Cc4ccc(F)cc4)c4ccc(C(C)(F)C(F)(F)F)cc4CC[C@@H]23)cc1C#N. The van der Waals surface area contributed by atoms with Gasteiger partial charge in [0.25, 0.3) is 5.91 Å². The third-order valence-electron chi connectivity index (χ3n) is 8.48. The largest absolute Gasteiger partial charge is 0.495 e. The number of likely N-dealkylation sites (tertiary alicyclic amines) is 1. The van der Waals surface area contributed by atoms with Crippen LogP contribution in [-0.4, -0.2) is 36.7 Å². The van der Waals surface area contributed by atoms with Crippen LogP contribution in [0.3, 0.4) is 0 Å². The Balaban J connectivity index is 1.57. The quantitative estimate of drug-likeness (QED) is 0.326. The molecule has 0 saturated carbocycles. The topological polar surface area (TPSA) is 53.3 Å².